The first-order chi connectivity index (χ1) is 10.0. The third-order valence-electron chi connectivity index (χ3n) is 3.67. The molecule has 0 spiro atoms. The van der Waals surface area contributed by atoms with Gasteiger partial charge >= 0.3 is 0 Å². The van der Waals surface area contributed by atoms with Gasteiger partial charge in [0.2, 0.25) is 5.91 Å². The molecule has 1 aromatic carbocycles. The Kier molecular flexibility index (Phi) is 5.62. The zero-order chi connectivity index (χ0) is 15.2. The molecule has 0 aromatic heterocycles. The quantitative estimate of drug-likeness (QED) is 0.904. The number of ether oxygens (including phenoxy) is 1. The Morgan fingerprint density at radius 3 is 2.71 bits per heavy atom. The Morgan fingerprint density at radius 1 is 1.38 bits per heavy atom. The van der Waals surface area contributed by atoms with Crippen molar-refractivity contribution in [3.05, 3.63) is 29.8 Å². The Hall–Kier alpha value is -1.55. The van der Waals surface area contributed by atoms with Gasteiger partial charge in [-0.2, -0.15) is 0 Å². The van der Waals surface area contributed by atoms with Crippen molar-refractivity contribution in [2.75, 3.05) is 19.7 Å². The molecule has 1 heterocycles. The maximum absolute atomic E-state index is 12.3. The van der Waals surface area contributed by atoms with Gasteiger partial charge in [0.1, 0.15) is 5.75 Å². The van der Waals surface area contributed by atoms with E-state index in [0.29, 0.717) is 25.5 Å². The van der Waals surface area contributed by atoms with Crippen LogP contribution in [0.1, 0.15) is 32.3 Å². The number of nitrogens with zero attached hydrogens (tertiary/aromatic N) is 1. The molecule has 1 aliphatic heterocycles. The standard InChI is InChI=1S/C17H26N2O2/c1-13(2)12-21-16-7-5-14(6-8-16)10-17(20)19-9-3-4-15(18)11-19/h5-8,13,15H,3-4,9-12,18H2,1-2H3. The number of piperidine rings is 1. The molecule has 4 nitrogen and oxygen atoms in total. The average molecular weight is 290 g/mol. The van der Waals surface area contributed by atoms with Crippen LogP contribution >= 0.6 is 0 Å². The summed E-state index contributed by atoms with van der Waals surface area (Å²) in [5.41, 5.74) is 6.95. The van der Waals surface area contributed by atoms with Crippen LogP contribution in [0, 0.1) is 5.92 Å². The van der Waals surface area contributed by atoms with Crippen LogP contribution in [0.3, 0.4) is 0 Å². The van der Waals surface area contributed by atoms with Crippen molar-refractivity contribution in [3.63, 3.8) is 0 Å². The molecule has 4 heteroatoms. The van der Waals surface area contributed by atoms with E-state index in [2.05, 4.69) is 13.8 Å². The fraction of sp³-hybridized carbons (Fsp3) is 0.588. The topological polar surface area (TPSA) is 55.6 Å². The van der Waals surface area contributed by atoms with Gasteiger partial charge in [0, 0.05) is 19.1 Å². The first kappa shape index (κ1) is 15.8. The number of likely N-dealkylation sites (tertiary alicyclic amines) is 1. The maximum Gasteiger partial charge on any atom is 0.227 e. The normalized spacial score (nSPS) is 18.9. The highest BCUT2D eigenvalue weighted by Gasteiger charge is 2.21. The van der Waals surface area contributed by atoms with Crippen molar-refractivity contribution in [2.24, 2.45) is 11.7 Å². The minimum absolute atomic E-state index is 0.134. The van der Waals surface area contributed by atoms with Crippen LogP contribution in [0.5, 0.6) is 5.75 Å². The monoisotopic (exact) mass is 290 g/mol. The van der Waals surface area contributed by atoms with Crippen LogP contribution in [0.2, 0.25) is 0 Å². The predicted octanol–water partition coefficient (Wildman–Crippen LogP) is 2.21. The van der Waals surface area contributed by atoms with Crippen molar-refractivity contribution < 1.29 is 9.53 Å². The number of rotatable bonds is 5. The third kappa shape index (κ3) is 5.05. The molecule has 116 valence electrons. The lowest BCUT2D eigenvalue weighted by Crippen LogP contribution is -2.46. The molecule has 0 radical (unpaired) electrons. The number of carbonyl (C=O) groups is 1. The fourth-order valence-corrected chi connectivity index (χ4v) is 2.49. The van der Waals surface area contributed by atoms with Gasteiger partial charge in [-0.1, -0.05) is 26.0 Å². The molecule has 21 heavy (non-hydrogen) atoms. The summed E-state index contributed by atoms with van der Waals surface area (Å²) in [4.78, 5) is 14.1. The average Bonchev–Trinajstić information content (AvgIpc) is 2.46. The lowest BCUT2D eigenvalue weighted by Gasteiger charge is -2.30. The van der Waals surface area contributed by atoms with E-state index in [4.69, 9.17) is 10.5 Å². The van der Waals surface area contributed by atoms with Crippen molar-refractivity contribution >= 4 is 5.91 Å². The van der Waals surface area contributed by atoms with Crippen LogP contribution in [0.25, 0.3) is 0 Å². The fourth-order valence-electron chi connectivity index (χ4n) is 2.49. The molecular formula is C17H26N2O2. The molecule has 0 aliphatic carbocycles. The SMILES string of the molecule is CC(C)COc1ccc(CC(=O)N2CCCC(N)C2)cc1. The van der Waals surface area contributed by atoms with Crippen LogP contribution in [-0.2, 0) is 11.2 Å². The molecule has 0 saturated carbocycles. The van der Waals surface area contributed by atoms with E-state index >= 15 is 0 Å². The lowest BCUT2D eigenvalue weighted by atomic mass is 10.1. The van der Waals surface area contributed by atoms with E-state index in [-0.39, 0.29) is 11.9 Å². The van der Waals surface area contributed by atoms with Crippen LogP contribution in [0.4, 0.5) is 0 Å². The van der Waals surface area contributed by atoms with Crippen LogP contribution < -0.4 is 10.5 Å². The Bertz CT molecular complexity index is 456. The van der Waals surface area contributed by atoms with Gasteiger partial charge in [-0.25, -0.2) is 0 Å². The van der Waals surface area contributed by atoms with Crippen molar-refractivity contribution in [2.45, 2.75) is 39.2 Å². The minimum Gasteiger partial charge on any atom is -0.493 e. The van der Waals surface area contributed by atoms with E-state index in [9.17, 15) is 4.79 Å². The number of hydrogen-bond acceptors (Lipinski definition) is 3. The van der Waals surface area contributed by atoms with E-state index < -0.39 is 0 Å². The summed E-state index contributed by atoms with van der Waals surface area (Å²) >= 11 is 0. The third-order valence-corrected chi connectivity index (χ3v) is 3.67. The highest BCUT2D eigenvalue weighted by atomic mass is 16.5. The van der Waals surface area contributed by atoms with Gasteiger partial charge < -0.3 is 15.4 Å². The van der Waals surface area contributed by atoms with Crippen LogP contribution in [0.15, 0.2) is 24.3 Å². The molecule has 1 saturated heterocycles. The van der Waals surface area contributed by atoms with E-state index in [1.807, 2.05) is 29.2 Å². The molecule has 1 fully saturated rings. The Balaban J connectivity index is 1.86. The van der Waals surface area contributed by atoms with Gasteiger partial charge in [0.05, 0.1) is 13.0 Å². The summed E-state index contributed by atoms with van der Waals surface area (Å²) in [5, 5.41) is 0. The predicted molar refractivity (Wildman–Crippen MR) is 84.3 cm³/mol. The Labute approximate surface area is 127 Å². The molecule has 1 aliphatic rings. The molecule has 2 rings (SSSR count). The summed E-state index contributed by atoms with van der Waals surface area (Å²) in [6, 6.07) is 7.95. The highest BCUT2D eigenvalue weighted by Crippen LogP contribution is 2.15. The second-order valence-electron chi connectivity index (χ2n) is 6.27. The maximum atomic E-state index is 12.3. The number of amides is 1. The van der Waals surface area contributed by atoms with Crippen molar-refractivity contribution in [3.8, 4) is 5.75 Å². The Morgan fingerprint density at radius 2 is 2.10 bits per heavy atom. The number of hydrogen-bond donors (Lipinski definition) is 1. The van der Waals surface area contributed by atoms with E-state index in [0.717, 1.165) is 30.7 Å². The number of benzene rings is 1. The largest absolute Gasteiger partial charge is 0.493 e. The molecule has 0 bridgehead atoms. The van der Waals surface area contributed by atoms with Gasteiger partial charge in [-0.3, -0.25) is 4.79 Å². The first-order valence-corrected chi connectivity index (χ1v) is 7.79. The van der Waals surface area contributed by atoms with Gasteiger partial charge in [0.25, 0.3) is 0 Å². The van der Waals surface area contributed by atoms with Gasteiger partial charge in [-0.15, -0.1) is 0 Å². The molecule has 1 atom stereocenters. The zero-order valence-corrected chi connectivity index (χ0v) is 13.0. The van der Waals surface area contributed by atoms with Gasteiger partial charge in [0.15, 0.2) is 0 Å². The summed E-state index contributed by atoms with van der Waals surface area (Å²) in [6.07, 6.45) is 2.47. The molecule has 1 aromatic rings. The smallest absolute Gasteiger partial charge is 0.227 e. The van der Waals surface area contributed by atoms with Crippen molar-refractivity contribution in [1.82, 2.24) is 4.90 Å². The molecule has 1 unspecified atom stereocenters. The molecule has 2 N–H and O–H groups in total. The number of carbonyl (C=O) groups excluding carboxylic acids is 1. The minimum atomic E-state index is 0.134. The van der Waals surface area contributed by atoms with Crippen molar-refractivity contribution in [1.29, 1.82) is 0 Å². The first-order valence-electron chi connectivity index (χ1n) is 7.79. The van der Waals surface area contributed by atoms with Gasteiger partial charge in [-0.05, 0) is 36.5 Å². The molecular weight excluding hydrogens is 264 g/mol. The number of nitrogens with two attached hydrogens (primary N) is 1. The van der Waals surface area contributed by atoms with E-state index in [1.54, 1.807) is 0 Å². The second-order valence-corrected chi connectivity index (χ2v) is 6.27. The molecule has 1 amide bonds. The summed E-state index contributed by atoms with van der Waals surface area (Å²) in [5.74, 6) is 1.54. The second kappa shape index (κ2) is 7.46. The van der Waals surface area contributed by atoms with Crippen LogP contribution in [-0.4, -0.2) is 36.5 Å². The lowest BCUT2D eigenvalue weighted by molar-refractivity contribution is -0.131. The summed E-state index contributed by atoms with van der Waals surface area (Å²) in [7, 11) is 0. The van der Waals surface area contributed by atoms with E-state index in [1.165, 1.54) is 0 Å². The summed E-state index contributed by atoms with van der Waals surface area (Å²) < 4.78 is 5.65. The highest BCUT2D eigenvalue weighted by molar-refractivity contribution is 5.79. The summed E-state index contributed by atoms with van der Waals surface area (Å²) in [6.45, 7) is 6.48. The zero-order valence-electron chi connectivity index (χ0n) is 13.0.